The molecular weight excluding hydrogens is 480 g/mol. The van der Waals surface area contributed by atoms with E-state index in [1.54, 1.807) is 24.5 Å². The molecule has 5 rings (SSSR count). The van der Waals surface area contributed by atoms with Crippen molar-refractivity contribution >= 4 is 33.4 Å². The fraction of sp³-hybridized carbons (Fsp3) is 0.240. The van der Waals surface area contributed by atoms with E-state index >= 15 is 0 Å². The maximum absolute atomic E-state index is 5.81. The molecule has 164 valence electrons. The fourth-order valence-electron chi connectivity index (χ4n) is 3.91. The summed E-state index contributed by atoms with van der Waals surface area (Å²) in [7, 11) is 2.13. The summed E-state index contributed by atoms with van der Waals surface area (Å²) >= 11 is 3.51. The quantitative estimate of drug-likeness (QED) is 0.500. The van der Waals surface area contributed by atoms with Gasteiger partial charge in [-0.1, -0.05) is 34.0 Å². The van der Waals surface area contributed by atoms with E-state index in [1.165, 1.54) is 0 Å². The van der Waals surface area contributed by atoms with Crippen LogP contribution in [0.1, 0.15) is 29.9 Å². The van der Waals surface area contributed by atoms with Crippen LogP contribution in [0.4, 0.5) is 0 Å². The molecule has 1 aromatic carbocycles. The van der Waals surface area contributed by atoms with Gasteiger partial charge in [0.2, 0.25) is 11.8 Å². The van der Waals surface area contributed by atoms with Gasteiger partial charge >= 0.3 is 0 Å². The van der Waals surface area contributed by atoms with Crippen molar-refractivity contribution in [2.75, 3.05) is 20.1 Å². The number of terminal acetylenes is 1. The van der Waals surface area contributed by atoms with Gasteiger partial charge in [0.05, 0.1) is 17.0 Å². The molecule has 0 bridgehead atoms. The van der Waals surface area contributed by atoms with Gasteiger partial charge in [-0.25, -0.2) is 0 Å². The van der Waals surface area contributed by atoms with Crippen LogP contribution in [0.15, 0.2) is 67.7 Å². The van der Waals surface area contributed by atoms with E-state index in [4.69, 9.17) is 20.8 Å². The molecule has 1 saturated heterocycles. The Labute approximate surface area is 200 Å². The van der Waals surface area contributed by atoms with Gasteiger partial charge in [0.1, 0.15) is 0 Å². The van der Waals surface area contributed by atoms with Gasteiger partial charge in [-0.05, 0) is 31.3 Å². The lowest BCUT2D eigenvalue weighted by Gasteiger charge is -2.33. The monoisotopic (exact) mass is 500 g/mol. The molecule has 3 aromatic rings. The number of hydrogen-bond acceptors (Lipinski definition) is 7. The molecule has 4 heterocycles. The Morgan fingerprint density at radius 2 is 1.85 bits per heavy atom. The third-order valence-electron chi connectivity index (χ3n) is 5.77. The topological polar surface area (TPSA) is 79.8 Å². The lowest BCUT2D eigenvalue weighted by atomic mass is 9.99. The van der Waals surface area contributed by atoms with Crippen LogP contribution in [0.25, 0.3) is 17.5 Å². The maximum Gasteiger partial charge on any atom is 0.249 e. The number of hydrogen-bond donors (Lipinski definition) is 0. The molecule has 7 nitrogen and oxygen atoms in total. The molecule has 0 amide bonds. The number of halogens is 1. The molecule has 0 unspecified atom stereocenters. The minimum atomic E-state index is -0.407. The van der Waals surface area contributed by atoms with Crippen LogP contribution in [0.2, 0.25) is 0 Å². The Hall–Kier alpha value is -3.41. The minimum absolute atomic E-state index is 0.362. The predicted molar refractivity (Wildman–Crippen MR) is 132 cm³/mol. The Kier molecular flexibility index (Phi) is 5.75. The van der Waals surface area contributed by atoms with Gasteiger partial charge in [-0.15, -0.1) is 16.6 Å². The second kappa shape index (κ2) is 8.85. The molecule has 0 radical (unpaired) electrons. The highest BCUT2D eigenvalue weighted by atomic mass is 79.9. The number of aromatic nitrogens is 3. The molecule has 8 heteroatoms. The van der Waals surface area contributed by atoms with Gasteiger partial charge < -0.3 is 9.32 Å². The molecule has 1 spiro atoms. The molecule has 33 heavy (non-hydrogen) atoms. The first-order valence-electron chi connectivity index (χ1n) is 10.6. The van der Waals surface area contributed by atoms with E-state index in [0.29, 0.717) is 22.9 Å². The summed E-state index contributed by atoms with van der Waals surface area (Å²) in [5.41, 5.74) is 3.66. The van der Waals surface area contributed by atoms with E-state index in [-0.39, 0.29) is 0 Å². The van der Waals surface area contributed by atoms with Crippen molar-refractivity contribution in [1.82, 2.24) is 20.1 Å². The first kappa shape index (κ1) is 21.4. The van der Waals surface area contributed by atoms with E-state index in [2.05, 4.69) is 61.1 Å². The Morgan fingerprint density at radius 3 is 2.61 bits per heavy atom. The van der Waals surface area contributed by atoms with Crippen molar-refractivity contribution in [2.24, 2.45) is 9.98 Å². The summed E-state index contributed by atoms with van der Waals surface area (Å²) in [5.74, 6) is 3.30. The summed E-state index contributed by atoms with van der Waals surface area (Å²) in [4.78, 5) is 16.6. The highest BCUT2D eigenvalue weighted by Crippen LogP contribution is 2.33. The smallest absolute Gasteiger partial charge is 0.249 e. The van der Waals surface area contributed by atoms with Crippen molar-refractivity contribution in [3.8, 4) is 23.8 Å². The normalized spacial score (nSPS) is 17.8. The number of pyridine rings is 1. The first-order valence-corrected chi connectivity index (χ1v) is 11.4. The zero-order chi connectivity index (χ0) is 22.8. The van der Waals surface area contributed by atoms with Crippen LogP contribution >= 0.6 is 15.9 Å². The minimum Gasteiger partial charge on any atom is -0.417 e. The number of allylic oxidation sites excluding steroid dienone is 1. The summed E-state index contributed by atoms with van der Waals surface area (Å²) in [6.07, 6.45) is 14.2. The van der Waals surface area contributed by atoms with Crippen molar-refractivity contribution < 1.29 is 4.42 Å². The van der Waals surface area contributed by atoms with Crippen LogP contribution in [0.3, 0.4) is 0 Å². The van der Waals surface area contributed by atoms with Gasteiger partial charge in [0.15, 0.2) is 5.66 Å². The number of benzene rings is 1. The number of rotatable bonds is 4. The number of aliphatic imine (C=N–C) groups is 2. The first-order chi connectivity index (χ1) is 16.0. The van der Waals surface area contributed by atoms with Crippen molar-refractivity contribution in [2.45, 2.75) is 18.5 Å². The van der Waals surface area contributed by atoms with Crippen molar-refractivity contribution in [1.29, 1.82) is 0 Å². The Morgan fingerprint density at radius 1 is 1.06 bits per heavy atom. The lowest BCUT2D eigenvalue weighted by Crippen LogP contribution is -2.39. The van der Waals surface area contributed by atoms with Crippen molar-refractivity contribution in [3.63, 3.8) is 0 Å². The summed E-state index contributed by atoms with van der Waals surface area (Å²) in [6.45, 7) is 1.94. The molecule has 2 aliphatic rings. The fourth-order valence-corrected chi connectivity index (χ4v) is 4.17. The number of likely N-dealkylation sites (tertiary alicyclic amines) is 1. The summed E-state index contributed by atoms with van der Waals surface area (Å²) < 4.78 is 6.83. The van der Waals surface area contributed by atoms with E-state index < -0.39 is 5.66 Å². The molecule has 0 aliphatic carbocycles. The third-order valence-corrected chi connectivity index (χ3v) is 6.30. The summed E-state index contributed by atoms with van der Waals surface area (Å²) in [6, 6.07) is 9.92. The van der Waals surface area contributed by atoms with Crippen molar-refractivity contribution in [3.05, 3.63) is 70.3 Å². The standard InChI is InChI=1S/C25H21BrN6O/c1-3-17-14-19(16-27-15-17)24-31-30-22(33-24)9-8-21-23(18-4-6-20(26)7-5-18)29-25(28-21)10-12-32(2)13-11-25/h1,4-9,14-16H,10-13H2,2H3/b9-8+. The molecule has 1 fully saturated rings. The van der Waals surface area contributed by atoms with Crippen LogP contribution in [-0.4, -0.2) is 57.3 Å². The molecule has 0 atom stereocenters. The largest absolute Gasteiger partial charge is 0.417 e. The van der Waals surface area contributed by atoms with Gasteiger partial charge in [-0.3, -0.25) is 15.0 Å². The van der Waals surface area contributed by atoms with E-state index in [9.17, 15) is 0 Å². The van der Waals surface area contributed by atoms with E-state index in [0.717, 1.165) is 47.4 Å². The van der Waals surface area contributed by atoms with Crippen LogP contribution in [-0.2, 0) is 0 Å². The number of nitrogens with zero attached hydrogens (tertiary/aromatic N) is 6. The van der Waals surface area contributed by atoms with Crippen LogP contribution in [0, 0.1) is 12.3 Å². The SMILES string of the molecule is C#Cc1cncc(-c2nnc(/C=C/C3=NC4(CCN(C)CC4)N=C3c3ccc(Br)cc3)o2)c1. The molecule has 2 aliphatic heterocycles. The molecular formula is C25H21BrN6O. The Balaban J connectivity index is 1.44. The average Bonchev–Trinajstić information content (AvgIpc) is 3.46. The van der Waals surface area contributed by atoms with Gasteiger partial charge in [-0.2, -0.15) is 0 Å². The van der Waals surface area contributed by atoms with Crippen LogP contribution in [0.5, 0.6) is 0 Å². The molecule has 0 saturated carbocycles. The second-order valence-electron chi connectivity index (χ2n) is 8.14. The zero-order valence-corrected chi connectivity index (χ0v) is 19.7. The van der Waals surface area contributed by atoms with E-state index in [1.807, 2.05) is 18.2 Å². The number of piperidine rings is 1. The predicted octanol–water partition coefficient (Wildman–Crippen LogP) is 4.25. The highest BCUT2D eigenvalue weighted by molar-refractivity contribution is 9.10. The zero-order valence-electron chi connectivity index (χ0n) is 18.1. The molecule has 0 N–H and O–H groups in total. The lowest BCUT2D eigenvalue weighted by molar-refractivity contribution is 0.200. The molecule has 2 aromatic heterocycles. The van der Waals surface area contributed by atoms with Gasteiger partial charge in [0, 0.05) is 60.0 Å². The average molecular weight is 501 g/mol. The highest BCUT2D eigenvalue weighted by Gasteiger charge is 2.38. The maximum atomic E-state index is 5.81. The Bertz CT molecular complexity index is 1310. The second-order valence-corrected chi connectivity index (χ2v) is 9.05. The van der Waals surface area contributed by atoms with Gasteiger partial charge in [0.25, 0.3) is 0 Å². The summed E-state index contributed by atoms with van der Waals surface area (Å²) in [5, 5.41) is 8.27. The van der Waals surface area contributed by atoms with Crippen LogP contribution < -0.4 is 0 Å². The third kappa shape index (κ3) is 4.56.